The van der Waals surface area contributed by atoms with Gasteiger partial charge in [-0.3, -0.25) is 4.79 Å². The van der Waals surface area contributed by atoms with Gasteiger partial charge in [0.15, 0.2) is 0 Å². The van der Waals surface area contributed by atoms with Crippen molar-refractivity contribution in [2.24, 2.45) is 11.3 Å². The number of nitrogens with one attached hydrogen (secondary N) is 1. The second-order valence-corrected chi connectivity index (χ2v) is 6.51. The van der Waals surface area contributed by atoms with Crippen LogP contribution in [-0.4, -0.2) is 12.5 Å². The highest BCUT2D eigenvalue weighted by Gasteiger charge is 2.45. The fourth-order valence-electron chi connectivity index (χ4n) is 1.91. The van der Waals surface area contributed by atoms with Gasteiger partial charge in [-0.25, -0.2) is 0 Å². The minimum atomic E-state index is -0.0451. The number of hydrogen-bond acceptors (Lipinski definition) is 1. The average Bonchev–Trinajstić information content (AvgIpc) is 2.83. The van der Waals surface area contributed by atoms with Crippen LogP contribution in [0.3, 0.4) is 0 Å². The summed E-state index contributed by atoms with van der Waals surface area (Å²) in [5.74, 6) is 0.564. The van der Waals surface area contributed by atoms with Crippen molar-refractivity contribution in [1.82, 2.24) is 5.32 Å². The highest BCUT2D eigenvalue weighted by atomic mass is 79.9. The number of benzene rings is 1. The zero-order valence-corrected chi connectivity index (χ0v) is 12.2. The van der Waals surface area contributed by atoms with E-state index in [0.29, 0.717) is 21.9 Å². The van der Waals surface area contributed by atoms with Crippen molar-refractivity contribution >= 4 is 33.4 Å². The van der Waals surface area contributed by atoms with E-state index in [1.165, 1.54) is 6.42 Å². The first kappa shape index (κ1) is 12.9. The van der Waals surface area contributed by atoms with Crippen molar-refractivity contribution in [3.8, 4) is 0 Å². The minimum Gasteiger partial charge on any atom is -0.352 e. The predicted octanol–water partition coefficient (Wildman–Crippen LogP) is 3.88. The third kappa shape index (κ3) is 3.02. The molecule has 0 aliphatic heterocycles. The Morgan fingerprint density at radius 3 is 2.76 bits per heavy atom. The molecule has 0 heterocycles. The van der Waals surface area contributed by atoms with Gasteiger partial charge in [-0.2, -0.15) is 0 Å². The van der Waals surface area contributed by atoms with Crippen LogP contribution in [0, 0.1) is 11.3 Å². The standard InChI is InChI=1S/C13H15BrClNO/c1-13(2)6-8(13)7-16-12(17)10-4-3-9(15)5-11(10)14/h3-5,8H,6-7H2,1-2H3,(H,16,17). The Labute approximate surface area is 115 Å². The fourth-order valence-corrected chi connectivity index (χ4v) is 2.77. The van der Waals surface area contributed by atoms with E-state index in [4.69, 9.17) is 11.6 Å². The summed E-state index contributed by atoms with van der Waals surface area (Å²) in [6.07, 6.45) is 1.19. The molecule has 1 saturated carbocycles. The Morgan fingerprint density at radius 2 is 2.24 bits per heavy atom. The minimum absolute atomic E-state index is 0.0451. The van der Waals surface area contributed by atoms with Gasteiger partial charge < -0.3 is 5.32 Å². The topological polar surface area (TPSA) is 29.1 Å². The normalized spacial score (nSPS) is 21.1. The van der Waals surface area contributed by atoms with Crippen LogP contribution in [0.25, 0.3) is 0 Å². The molecule has 2 nitrogen and oxygen atoms in total. The molecule has 1 atom stereocenters. The van der Waals surface area contributed by atoms with Crippen LogP contribution in [0.2, 0.25) is 5.02 Å². The number of amides is 1. The number of halogens is 2. The second kappa shape index (κ2) is 4.62. The van der Waals surface area contributed by atoms with Crippen molar-refractivity contribution in [1.29, 1.82) is 0 Å². The summed E-state index contributed by atoms with van der Waals surface area (Å²) >= 11 is 9.18. The van der Waals surface area contributed by atoms with E-state index in [1.54, 1.807) is 18.2 Å². The van der Waals surface area contributed by atoms with Gasteiger partial charge >= 0.3 is 0 Å². The van der Waals surface area contributed by atoms with E-state index < -0.39 is 0 Å². The molecule has 92 valence electrons. The Hall–Kier alpha value is -0.540. The van der Waals surface area contributed by atoms with Crippen LogP contribution in [0.5, 0.6) is 0 Å². The molecule has 1 unspecified atom stereocenters. The summed E-state index contributed by atoms with van der Waals surface area (Å²) in [6.45, 7) is 5.20. The molecular weight excluding hydrogens is 302 g/mol. The summed E-state index contributed by atoms with van der Waals surface area (Å²) in [7, 11) is 0. The van der Waals surface area contributed by atoms with Crippen molar-refractivity contribution in [2.75, 3.05) is 6.54 Å². The van der Waals surface area contributed by atoms with E-state index >= 15 is 0 Å². The first-order chi connectivity index (χ1) is 7.90. The van der Waals surface area contributed by atoms with E-state index in [2.05, 4.69) is 35.1 Å². The Bertz CT molecular complexity index is 459. The molecule has 1 aromatic rings. The lowest BCUT2D eigenvalue weighted by molar-refractivity contribution is 0.0950. The third-order valence-electron chi connectivity index (χ3n) is 3.40. The number of hydrogen-bond donors (Lipinski definition) is 1. The third-order valence-corrected chi connectivity index (χ3v) is 4.29. The maximum Gasteiger partial charge on any atom is 0.252 e. The monoisotopic (exact) mass is 315 g/mol. The van der Waals surface area contributed by atoms with Crippen LogP contribution in [0.4, 0.5) is 0 Å². The fraction of sp³-hybridized carbons (Fsp3) is 0.462. The SMILES string of the molecule is CC1(C)CC1CNC(=O)c1ccc(Cl)cc1Br. The van der Waals surface area contributed by atoms with E-state index in [0.717, 1.165) is 11.0 Å². The second-order valence-electron chi connectivity index (χ2n) is 5.22. The van der Waals surface area contributed by atoms with Gasteiger partial charge in [-0.05, 0) is 51.9 Å². The Kier molecular flexibility index (Phi) is 3.50. The summed E-state index contributed by atoms with van der Waals surface area (Å²) in [6, 6.07) is 5.19. The largest absolute Gasteiger partial charge is 0.352 e. The van der Waals surface area contributed by atoms with Crippen LogP contribution in [0.15, 0.2) is 22.7 Å². The smallest absolute Gasteiger partial charge is 0.252 e. The zero-order chi connectivity index (χ0) is 12.6. The van der Waals surface area contributed by atoms with Crippen LogP contribution in [-0.2, 0) is 0 Å². The van der Waals surface area contributed by atoms with Gasteiger partial charge in [0.2, 0.25) is 0 Å². The van der Waals surface area contributed by atoms with Gasteiger partial charge in [0.05, 0.1) is 5.56 Å². The van der Waals surface area contributed by atoms with Crippen LogP contribution in [0.1, 0.15) is 30.6 Å². The maximum atomic E-state index is 11.9. The molecule has 1 amide bonds. The summed E-state index contributed by atoms with van der Waals surface area (Å²) in [5, 5.41) is 3.59. The predicted molar refractivity (Wildman–Crippen MR) is 73.4 cm³/mol. The molecule has 0 saturated heterocycles. The molecule has 0 spiro atoms. The van der Waals surface area contributed by atoms with Crippen molar-refractivity contribution < 1.29 is 4.79 Å². The van der Waals surface area contributed by atoms with E-state index in [-0.39, 0.29) is 5.91 Å². The molecule has 0 aromatic heterocycles. The number of carbonyl (C=O) groups excluding carboxylic acids is 1. The average molecular weight is 317 g/mol. The number of rotatable bonds is 3. The maximum absolute atomic E-state index is 11.9. The van der Waals surface area contributed by atoms with Gasteiger partial charge in [-0.1, -0.05) is 25.4 Å². The molecule has 1 aliphatic rings. The lowest BCUT2D eigenvalue weighted by atomic mass is 10.1. The summed E-state index contributed by atoms with van der Waals surface area (Å²) < 4.78 is 0.734. The molecule has 4 heteroatoms. The van der Waals surface area contributed by atoms with Crippen LogP contribution >= 0.6 is 27.5 Å². The molecule has 1 aliphatic carbocycles. The first-order valence-corrected chi connectivity index (χ1v) is 6.80. The molecule has 17 heavy (non-hydrogen) atoms. The zero-order valence-electron chi connectivity index (χ0n) is 9.89. The van der Waals surface area contributed by atoms with Crippen LogP contribution < -0.4 is 5.32 Å². The Morgan fingerprint density at radius 1 is 1.59 bits per heavy atom. The number of carbonyl (C=O) groups is 1. The lowest BCUT2D eigenvalue weighted by Gasteiger charge is -2.08. The first-order valence-electron chi connectivity index (χ1n) is 5.63. The molecule has 1 aromatic carbocycles. The highest BCUT2D eigenvalue weighted by Crippen LogP contribution is 2.51. The lowest BCUT2D eigenvalue weighted by Crippen LogP contribution is -2.26. The summed E-state index contributed by atoms with van der Waals surface area (Å²) in [5.41, 5.74) is 1.03. The molecule has 1 fully saturated rings. The summed E-state index contributed by atoms with van der Waals surface area (Å²) in [4.78, 5) is 11.9. The molecule has 0 bridgehead atoms. The van der Waals surface area contributed by atoms with Crippen molar-refractivity contribution in [2.45, 2.75) is 20.3 Å². The highest BCUT2D eigenvalue weighted by molar-refractivity contribution is 9.10. The van der Waals surface area contributed by atoms with Gasteiger partial charge in [-0.15, -0.1) is 0 Å². The van der Waals surface area contributed by atoms with E-state index in [1.807, 2.05) is 0 Å². The molecular formula is C13H15BrClNO. The molecule has 0 radical (unpaired) electrons. The molecule has 1 N–H and O–H groups in total. The van der Waals surface area contributed by atoms with Gasteiger partial charge in [0.1, 0.15) is 0 Å². The molecule has 2 rings (SSSR count). The van der Waals surface area contributed by atoms with Gasteiger partial charge in [0.25, 0.3) is 5.91 Å². The van der Waals surface area contributed by atoms with Crippen molar-refractivity contribution in [3.05, 3.63) is 33.3 Å². The Balaban J connectivity index is 1.96. The quantitative estimate of drug-likeness (QED) is 0.901. The van der Waals surface area contributed by atoms with Crippen molar-refractivity contribution in [3.63, 3.8) is 0 Å². The van der Waals surface area contributed by atoms with Gasteiger partial charge in [0, 0.05) is 16.0 Å². The van der Waals surface area contributed by atoms with E-state index in [9.17, 15) is 4.79 Å².